The summed E-state index contributed by atoms with van der Waals surface area (Å²) < 4.78 is 15.4. The van der Waals surface area contributed by atoms with E-state index in [0.717, 1.165) is 25.7 Å². The average molecular weight is 268 g/mol. The minimum atomic E-state index is -0.692. The van der Waals surface area contributed by atoms with Crippen molar-refractivity contribution in [2.75, 3.05) is 20.3 Å². The summed E-state index contributed by atoms with van der Waals surface area (Å²) in [6.07, 6.45) is 3.97. The van der Waals surface area contributed by atoms with Crippen LogP contribution in [0.5, 0.6) is 0 Å². The molecule has 0 N–H and O–H groups in total. The number of carbonyl (C=O) groups is 1. The molecule has 19 heavy (non-hydrogen) atoms. The summed E-state index contributed by atoms with van der Waals surface area (Å²) in [5.74, 6) is 0.792. The number of nitrogens with zero attached hydrogens (tertiary/aromatic N) is 2. The fourth-order valence-corrected chi connectivity index (χ4v) is 2.23. The van der Waals surface area contributed by atoms with Crippen molar-refractivity contribution in [1.82, 2.24) is 10.1 Å². The molecule has 0 aliphatic heterocycles. The van der Waals surface area contributed by atoms with Crippen molar-refractivity contribution in [3.8, 4) is 0 Å². The first kappa shape index (κ1) is 14.0. The molecular weight excluding hydrogens is 248 g/mol. The van der Waals surface area contributed by atoms with Crippen LogP contribution in [0.25, 0.3) is 0 Å². The van der Waals surface area contributed by atoms with E-state index in [2.05, 4.69) is 10.1 Å². The summed E-state index contributed by atoms with van der Waals surface area (Å²) >= 11 is 0. The van der Waals surface area contributed by atoms with Gasteiger partial charge in [0.05, 0.1) is 6.61 Å². The number of carbonyl (C=O) groups excluding carboxylic acids is 1. The highest BCUT2D eigenvalue weighted by Gasteiger charge is 2.51. The Morgan fingerprint density at radius 2 is 2.26 bits per heavy atom. The lowest BCUT2D eigenvalue weighted by molar-refractivity contribution is -0.155. The van der Waals surface area contributed by atoms with Crippen LogP contribution in [0.3, 0.4) is 0 Å². The first-order valence-corrected chi connectivity index (χ1v) is 6.72. The molecule has 0 aromatic carbocycles. The van der Waals surface area contributed by atoms with E-state index >= 15 is 0 Å². The van der Waals surface area contributed by atoms with Gasteiger partial charge in [0, 0.05) is 20.1 Å². The van der Waals surface area contributed by atoms with E-state index in [4.69, 9.17) is 14.0 Å². The molecule has 0 saturated heterocycles. The van der Waals surface area contributed by atoms with Gasteiger partial charge in [-0.15, -0.1) is 0 Å². The van der Waals surface area contributed by atoms with Crippen molar-refractivity contribution in [2.24, 2.45) is 0 Å². The highest BCUT2D eigenvalue weighted by Crippen LogP contribution is 2.44. The van der Waals surface area contributed by atoms with E-state index in [1.807, 2.05) is 0 Å². The predicted molar refractivity (Wildman–Crippen MR) is 66.7 cm³/mol. The van der Waals surface area contributed by atoms with Crippen LogP contribution in [0.4, 0.5) is 0 Å². The van der Waals surface area contributed by atoms with Gasteiger partial charge in [0.1, 0.15) is 5.41 Å². The summed E-state index contributed by atoms with van der Waals surface area (Å²) in [6.45, 7) is 2.83. The predicted octanol–water partition coefficient (Wildman–Crippen LogP) is 1.63. The topological polar surface area (TPSA) is 74.5 Å². The first-order chi connectivity index (χ1) is 9.23. The second kappa shape index (κ2) is 6.14. The molecule has 1 aromatic heterocycles. The molecule has 6 heteroatoms. The highest BCUT2D eigenvalue weighted by atomic mass is 16.5. The SMILES string of the molecule is CCOC(=O)C1(c2nc(CCCOC)no2)CCC1. The van der Waals surface area contributed by atoms with Gasteiger partial charge in [-0.2, -0.15) is 4.98 Å². The fourth-order valence-electron chi connectivity index (χ4n) is 2.23. The Hall–Kier alpha value is -1.43. The molecule has 0 bridgehead atoms. The van der Waals surface area contributed by atoms with E-state index in [-0.39, 0.29) is 5.97 Å². The molecule has 1 aliphatic rings. The van der Waals surface area contributed by atoms with Crippen molar-refractivity contribution >= 4 is 5.97 Å². The van der Waals surface area contributed by atoms with Crippen LogP contribution >= 0.6 is 0 Å². The molecule has 1 fully saturated rings. The number of aryl methyl sites for hydroxylation is 1. The third kappa shape index (κ3) is 2.78. The summed E-state index contributed by atoms with van der Waals surface area (Å²) in [7, 11) is 1.66. The van der Waals surface area contributed by atoms with Gasteiger partial charge in [-0.25, -0.2) is 0 Å². The van der Waals surface area contributed by atoms with Crippen LogP contribution in [0.1, 0.15) is 44.3 Å². The Morgan fingerprint density at radius 3 is 2.84 bits per heavy atom. The van der Waals surface area contributed by atoms with Crippen molar-refractivity contribution < 1.29 is 18.8 Å². The normalized spacial score (nSPS) is 16.9. The Balaban J connectivity index is 2.05. The van der Waals surface area contributed by atoms with Crippen LogP contribution in [0, 0.1) is 0 Å². The molecule has 1 aromatic rings. The molecule has 1 aliphatic carbocycles. The molecular formula is C13H20N2O4. The summed E-state index contributed by atoms with van der Waals surface area (Å²) in [5, 5.41) is 3.93. The molecule has 0 spiro atoms. The zero-order valence-electron chi connectivity index (χ0n) is 11.5. The quantitative estimate of drug-likeness (QED) is 0.552. The lowest BCUT2D eigenvalue weighted by Crippen LogP contribution is -2.44. The number of methoxy groups -OCH3 is 1. The van der Waals surface area contributed by atoms with Crippen molar-refractivity contribution in [3.63, 3.8) is 0 Å². The molecule has 0 radical (unpaired) electrons. The Bertz CT molecular complexity index is 426. The van der Waals surface area contributed by atoms with E-state index in [0.29, 0.717) is 31.3 Å². The van der Waals surface area contributed by atoms with E-state index in [1.54, 1.807) is 14.0 Å². The van der Waals surface area contributed by atoms with Crippen molar-refractivity contribution in [3.05, 3.63) is 11.7 Å². The maximum Gasteiger partial charge on any atom is 0.321 e. The van der Waals surface area contributed by atoms with Crippen LogP contribution in [-0.4, -0.2) is 36.4 Å². The summed E-state index contributed by atoms with van der Waals surface area (Å²) in [6, 6.07) is 0. The number of rotatable bonds is 7. The van der Waals surface area contributed by atoms with E-state index in [1.165, 1.54) is 0 Å². The van der Waals surface area contributed by atoms with Gasteiger partial charge < -0.3 is 14.0 Å². The zero-order valence-corrected chi connectivity index (χ0v) is 11.5. The average Bonchev–Trinajstić information content (AvgIpc) is 2.77. The summed E-state index contributed by atoms with van der Waals surface area (Å²) in [4.78, 5) is 16.4. The van der Waals surface area contributed by atoms with Crippen LogP contribution < -0.4 is 0 Å². The Kier molecular flexibility index (Phi) is 4.52. The Morgan fingerprint density at radius 1 is 1.47 bits per heavy atom. The fraction of sp³-hybridized carbons (Fsp3) is 0.769. The number of hydrogen-bond donors (Lipinski definition) is 0. The molecule has 106 valence electrons. The maximum atomic E-state index is 12.0. The minimum Gasteiger partial charge on any atom is -0.465 e. The Labute approximate surface area is 112 Å². The monoisotopic (exact) mass is 268 g/mol. The number of esters is 1. The van der Waals surface area contributed by atoms with Crippen LogP contribution in [-0.2, 0) is 26.1 Å². The van der Waals surface area contributed by atoms with Gasteiger partial charge in [0.25, 0.3) is 0 Å². The van der Waals surface area contributed by atoms with Gasteiger partial charge in [0.15, 0.2) is 5.82 Å². The molecule has 2 rings (SSSR count). The van der Waals surface area contributed by atoms with Gasteiger partial charge in [-0.1, -0.05) is 11.6 Å². The van der Waals surface area contributed by atoms with E-state index < -0.39 is 5.41 Å². The van der Waals surface area contributed by atoms with Gasteiger partial charge >= 0.3 is 5.97 Å². The zero-order chi connectivity index (χ0) is 13.7. The highest BCUT2D eigenvalue weighted by molar-refractivity contribution is 5.82. The van der Waals surface area contributed by atoms with Gasteiger partial charge in [-0.3, -0.25) is 4.79 Å². The third-order valence-electron chi connectivity index (χ3n) is 3.50. The van der Waals surface area contributed by atoms with Gasteiger partial charge in [0.2, 0.25) is 5.89 Å². The minimum absolute atomic E-state index is 0.242. The van der Waals surface area contributed by atoms with Crippen molar-refractivity contribution in [2.45, 2.75) is 44.4 Å². The third-order valence-corrected chi connectivity index (χ3v) is 3.50. The summed E-state index contributed by atoms with van der Waals surface area (Å²) in [5.41, 5.74) is -0.692. The molecule has 0 amide bonds. The number of aromatic nitrogens is 2. The lowest BCUT2D eigenvalue weighted by Gasteiger charge is -2.35. The molecule has 1 heterocycles. The molecule has 0 unspecified atom stereocenters. The smallest absolute Gasteiger partial charge is 0.321 e. The second-order valence-electron chi connectivity index (χ2n) is 4.77. The first-order valence-electron chi connectivity index (χ1n) is 6.72. The maximum absolute atomic E-state index is 12.0. The van der Waals surface area contributed by atoms with E-state index in [9.17, 15) is 4.79 Å². The largest absolute Gasteiger partial charge is 0.465 e. The molecule has 6 nitrogen and oxygen atoms in total. The number of hydrogen-bond acceptors (Lipinski definition) is 6. The standard InChI is InChI=1S/C13H20N2O4/c1-3-18-12(16)13(7-5-8-13)11-14-10(15-19-11)6-4-9-17-2/h3-9H2,1-2H3. The number of ether oxygens (including phenoxy) is 2. The van der Waals surface area contributed by atoms with Crippen molar-refractivity contribution in [1.29, 1.82) is 0 Å². The molecule has 0 atom stereocenters. The second-order valence-corrected chi connectivity index (χ2v) is 4.77. The van der Waals surface area contributed by atoms with Gasteiger partial charge in [-0.05, 0) is 26.2 Å². The van der Waals surface area contributed by atoms with Crippen LogP contribution in [0.2, 0.25) is 0 Å². The lowest BCUT2D eigenvalue weighted by atomic mass is 9.68. The molecule has 1 saturated carbocycles. The van der Waals surface area contributed by atoms with Crippen LogP contribution in [0.15, 0.2) is 4.52 Å².